The van der Waals surface area contributed by atoms with E-state index in [1.807, 2.05) is 12.1 Å². The highest BCUT2D eigenvalue weighted by Gasteiger charge is 2.36. The molecular formula is C15H20N2O3. The van der Waals surface area contributed by atoms with Gasteiger partial charge in [-0.1, -0.05) is 6.92 Å². The van der Waals surface area contributed by atoms with Crippen LogP contribution in [0.25, 0.3) is 6.08 Å². The van der Waals surface area contributed by atoms with Gasteiger partial charge in [-0.25, -0.2) is 0 Å². The molecule has 0 radical (unpaired) electrons. The summed E-state index contributed by atoms with van der Waals surface area (Å²) in [7, 11) is 1.57. The molecule has 2 amide bonds. The van der Waals surface area contributed by atoms with Gasteiger partial charge in [-0.3, -0.25) is 9.59 Å². The first-order chi connectivity index (χ1) is 9.60. The molecule has 2 rings (SSSR count). The monoisotopic (exact) mass is 276 g/mol. The molecule has 1 aromatic rings. The quantitative estimate of drug-likeness (QED) is 0.776. The first-order valence-electron chi connectivity index (χ1n) is 6.86. The molecule has 0 spiro atoms. The third kappa shape index (κ3) is 3.98. The fourth-order valence-corrected chi connectivity index (χ4v) is 2.02. The fraction of sp³-hybridized carbons (Fsp3) is 0.467. The van der Waals surface area contributed by atoms with E-state index in [4.69, 9.17) is 4.42 Å². The van der Waals surface area contributed by atoms with Gasteiger partial charge in [0, 0.05) is 32.0 Å². The molecule has 1 heterocycles. The van der Waals surface area contributed by atoms with Gasteiger partial charge >= 0.3 is 0 Å². The number of rotatable bonds is 6. The number of hydrogen-bond donors (Lipinski definition) is 2. The molecule has 1 aliphatic rings. The average molecular weight is 276 g/mol. The number of carbonyl (C=O) groups is 2. The maximum Gasteiger partial charge on any atom is 0.244 e. The van der Waals surface area contributed by atoms with Crippen molar-refractivity contribution in [2.24, 2.45) is 5.92 Å². The van der Waals surface area contributed by atoms with Gasteiger partial charge < -0.3 is 15.1 Å². The molecule has 0 aliphatic heterocycles. The van der Waals surface area contributed by atoms with E-state index in [2.05, 4.69) is 17.6 Å². The van der Waals surface area contributed by atoms with Crippen LogP contribution < -0.4 is 10.6 Å². The highest BCUT2D eigenvalue weighted by molar-refractivity contribution is 5.91. The van der Waals surface area contributed by atoms with Crippen LogP contribution in [0.3, 0.4) is 0 Å². The zero-order valence-electron chi connectivity index (χ0n) is 11.8. The minimum absolute atomic E-state index is 0.0940. The molecule has 0 aromatic carbocycles. The SMILES string of the molecule is CNC(=O)CCNC(=O)/C=C\c1ccc([C@@H]2C[C@@H]2C)o1. The normalized spacial score (nSPS) is 20.9. The fourth-order valence-electron chi connectivity index (χ4n) is 2.02. The van der Waals surface area contributed by atoms with Crippen molar-refractivity contribution in [2.75, 3.05) is 13.6 Å². The molecule has 5 heteroatoms. The van der Waals surface area contributed by atoms with Gasteiger partial charge in [-0.2, -0.15) is 0 Å². The molecule has 1 fully saturated rings. The maximum atomic E-state index is 11.5. The lowest BCUT2D eigenvalue weighted by atomic mass is 10.3. The molecule has 2 atom stereocenters. The van der Waals surface area contributed by atoms with E-state index in [-0.39, 0.29) is 18.2 Å². The predicted molar refractivity (Wildman–Crippen MR) is 76.0 cm³/mol. The van der Waals surface area contributed by atoms with Gasteiger partial charge in [0.05, 0.1) is 0 Å². The van der Waals surface area contributed by atoms with Crippen LogP contribution in [-0.4, -0.2) is 25.4 Å². The Bertz CT molecular complexity index is 519. The van der Waals surface area contributed by atoms with Crippen molar-refractivity contribution in [3.63, 3.8) is 0 Å². The second-order valence-electron chi connectivity index (χ2n) is 5.11. The first-order valence-corrected chi connectivity index (χ1v) is 6.86. The molecule has 0 bridgehead atoms. The largest absolute Gasteiger partial charge is 0.461 e. The van der Waals surface area contributed by atoms with Gasteiger partial charge in [0.1, 0.15) is 11.5 Å². The van der Waals surface area contributed by atoms with E-state index in [0.29, 0.717) is 24.1 Å². The van der Waals surface area contributed by atoms with Gasteiger partial charge in [0.2, 0.25) is 11.8 Å². The second kappa shape index (κ2) is 6.41. The van der Waals surface area contributed by atoms with Crippen molar-refractivity contribution in [3.8, 4) is 0 Å². The smallest absolute Gasteiger partial charge is 0.244 e. The van der Waals surface area contributed by atoms with Crippen LogP contribution in [0.15, 0.2) is 22.6 Å². The Balaban J connectivity index is 1.75. The number of amides is 2. The van der Waals surface area contributed by atoms with Crippen molar-refractivity contribution >= 4 is 17.9 Å². The van der Waals surface area contributed by atoms with E-state index in [1.54, 1.807) is 13.1 Å². The summed E-state index contributed by atoms with van der Waals surface area (Å²) in [5, 5.41) is 5.13. The Labute approximate surface area is 118 Å². The molecule has 0 unspecified atom stereocenters. The third-order valence-corrected chi connectivity index (χ3v) is 3.45. The van der Waals surface area contributed by atoms with Gasteiger partial charge in [-0.05, 0) is 30.5 Å². The summed E-state index contributed by atoms with van der Waals surface area (Å²) in [6, 6.07) is 3.84. The molecule has 2 N–H and O–H groups in total. The summed E-state index contributed by atoms with van der Waals surface area (Å²) >= 11 is 0. The molecule has 20 heavy (non-hydrogen) atoms. The summed E-state index contributed by atoms with van der Waals surface area (Å²) in [4.78, 5) is 22.5. The highest BCUT2D eigenvalue weighted by Crippen LogP contribution is 2.47. The number of furan rings is 1. The summed E-state index contributed by atoms with van der Waals surface area (Å²) in [5.74, 6) is 2.59. The van der Waals surface area contributed by atoms with Gasteiger partial charge in [0.15, 0.2) is 0 Å². The minimum Gasteiger partial charge on any atom is -0.461 e. The van der Waals surface area contributed by atoms with Crippen molar-refractivity contribution in [1.82, 2.24) is 10.6 Å². The van der Waals surface area contributed by atoms with Crippen LogP contribution in [0.5, 0.6) is 0 Å². The van der Waals surface area contributed by atoms with Crippen molar-refractivity contribution < 1.29 is 14.0 Å². The van der Waals surface area contributed by atoms with Gasteiger partial charge in [0.25, 0.3) is 0 Å². The molecule has 1 aromatic heterocycles. The van der Waals surface area contributed by atoms with Crippen molar-refractivity contribution in [2.45, 2.75) is 25.7 Å². The van der Waals surface area contributed by atoms with Crippen LogP contribution >= 0.6 is 0 Å². The molecule has 5 nitrogen and oxygen atoms in total. The lowest BCUT2D eigenvalue weighted by Crippen LogP contribution is -2.27. The molecule has 1 saturated carbocycles. The lowest BCUT2D eigenvalue weighted by Gasteiger charge is -2.00. The minimum atomic E-state index is -0.230. The first kappa shape index (κ1) is 14.4. The van der Waals surface area contributed by atoms with E-state index in [0.717, 1.165) is 5.76 Å². The molecule has 0 saturated heterocycles. The van der Waals surface area contributed by atoms with E-state index < -0.39 is 0 Å². The van der Waals surface area contributed by atoms with Crippen LogP contribution in [0.2, 0.25) is 0 Å². The third-order valence-electron chi connectivity index (χ3n) is 3.45. The van der Waals surface area contributed by atoms with Crippen LogP contribution in [0, 0.1) is 5.92 Å². The summed E-state index contributed by atoms with van der Waals surface area (Å²) < 4.78 is 5.66. The number of carbonyl (C=O) groups excluding carboxylic acids is 2. The highest BCUT2D eigenvalue weighted by atomic mass is 16.3. The second-order valence-corrected chi connectivity index (χ2v) is 5.11. The predicted octanol–water partition coefficient (Wildman–Crippen LogP) is 1.67. The Hall–Kier alpha value is -2.04. The summed E-state index contributed by atoms with van der Waals surface area (Å²) in [5.41, 5.74) is 0. The summed E-state index contributed by atoms with van der Waals surface area (Å²) in [6.45, 7) is 2.52. The Kier molecular flexibility index (Phi) is 4.61. The van der Waals surface area contributed by atoms with Crippen molar-refractivity contribution in [3.05, 3.63) is 29.7 Å². The zero-order chi connectivity index (χ0) is 14.5. The van der Waals surface area contributed by atoms with Crippen LogP contribution in [0.4, 0.5) is 0 Å². The van der Waals surface area contributed by atoms with Crippen LogP contribution in [0.1, 0.15) is 37.2 Å². The molecule has 1 aliphatic carbocycles. The Morgan fingerprint density at radius 3 is 2.85 bits per heavy atom. The molecule has 108 valence electrons. The van der Waals surface area contributed by atoms with E-state index in [1.165, 1.54) is 12.5 Å². The molecular weight excluding hydrogens is 256 g/mol. The zero-order valence-corrected chi connectivity index (χ0v) is 11.8. The van der Waals surface area contributed by atoms with Crippen molar-refractivity contribution in [1.29, 1.82) is 0 Å². The van der Waals surface area contributed by atoms with E-state index >= 15 is 0 Å². The number of hydrogen-bond acceptors (Lipinski definition) is 3. The average Bonchev–Trinajstić information content (AvgIpc) is 2.99. The Morgan fingerprint density at radius 2 is 2.20 bits per heavy atom. The topological polar surface area (TPSA) is 71.3 Å². The Morgan fingerprint density at radius 1 is 1.45 bits per heavy atom. The standard InChI is InChI=1S/C15H20N2O3/c1-10-9-12(10)13-5-3-11(20-13)4-6-15(19)17-8-7-14(18)16-2/h3-6,10,12H,7-9H2,1-2H3,(H,16,18)(H,17,19)/b6-4-/t10-,12+/m0/s1. The van der Waals surface area contributed by atoms with E-state index in [9.17, 15) is 9.59 Å². The van der Waals surface area contributed by atoms with Crippen LogP contribution in [-0.2, 0) is 9.59 Å². The van der Waals surface area contributed by atoms with Gasteiger partial charge in [-0.15, -0.1) is 0 Å². The maximum absolute atomic E-state index is 11.5. The lowest BCUT2D eigenvalue weighted by molar-refractivity contribution is -0.120. The summed E-state index contributed by atoms with van der Waals surface area (Å²) in [6.07, 6.45) is 4.52. The number of nitrogens with one attached hydrogen (secondary N) is 2.